The van der Waals surface area contributed by atoms with Crippen LogP contribution >= 0.6 is 0 Å². The monoisotopic (exact) mass is 258 g/mol. The lowest BCUT2D eigenvalue weighted by Crippen LogP contribution is -2.22. The highest BCUT2D eigenvalue weighted by Gasteiger charge is 2.21. The van der Waals surface area contributed by atoms with Crippen molar-refractivity contribution in [2.24, 2.45) is 0 Å². The molecule has 96 valence electrons. The fourth-order valence-electron chi connectivity index (χ4n) is 1.48. The summed E-state index contributed by atoms with van der Waals surface area (Å²) in [4.78, 5) is 0.244. The van der Waals surface area contributed by atoms with Crippen LogP contribution in [0.1, 0.15) is 12.8 Å². The van der Waals surface area contributed by atoms with Gasteiger partial charge in [-0.3, -0.25) is 4.68 Å². The van der Waals surface area contributed by atoms with Gasteiger partial charge in [0.05, 0.1) is 12.7 Å². The van der Waals surface area contributed by atoms with Crippen molar-refractivity contribution in [3.8, 4) is 0 Å². The lowest BCUT2D eigenvalue weighted by molar-refractivity contribution is 0.519. The second kappa shape index (κ2) is 4.75. The molecule has 0 spiro atoms. The Morgan fingerprint density at radius 3 is 2.82 bits per heavy atom. The third-order valence-corrected chi connectivity index (χ3v) is 4.51. The first-order valence-electron chi connectivity index (χ1n) is 5.68. The zero-order valence-electron chi connectivity index (χ0n) is 10.1. The van der Waals surface area contributed by atoms with Crippen LogP contribution in [0.2, 0.25) is 0 Å². The number of rotatable bonds is 6. The molecule has 1 aromatic heterocycles. The topological polar surface area (TPSA) is 67.2 Å². The summed E-state index contributed by atoms with van der Waals surface area (Å²) in [5.74, 6) is 0. The maximum Gasteiger partial charge on any atom is 0.245 e. The van der Waals surface area contributed by atoms with Crippen LogP contribution in [-0.4, -0.2) is 49.2 Å². The van der Waals surface area contributed by atoms with E-state index in [1.54, 1.807) is 10.9 Å². The van der Waals surface area contributed by atoms with E-state index in [-0.39, 0.29) is 4.90 Å². The van der Waals surface area contributed by atoms with E-state index in [0.717, 1.165) is 6.54 Å². The molecule has 1 aliphatic carbocycles. The summed E-state index contributed by atoms with van der Waals surface area (Å²) >= 11 is 0. The minimum Gasteiger partial charge on any atom is -0.312 e. The number of nitrogens with one attached hydrogen (secondary N) is 1. The Kier molecular flexibility index (Phi) is 3.50. The Hall–Kier alpha value is -0.920. The molecular formula is C10H18N4O2S. The van der Waals surface area contributed by atoms with Gasteiger partial charge in [-0.15, -0.1) is 0 Å². The normalized spacial score (nSPS) is 16.6. The summed E-state index contributed by atoms with van der Waals surface area (Å²) in [6, 6.07) is 0.663. The quantitative estimate of drug-likeness (QED) is 0.773. The second-order valence-electron chi connectivity index (χ2n) is 4.45. The van der Waals surface area contributed by atoms with Crippen molar-refractivity contribution in [1.29, 1.82) is 0 Å². The second-order valence-corrected chi connectivity index (χ2v) is 6.61. The van der Waals surface area contributed by atoms with Crippen molar-refractivity contribution in [3.63, 3.8) is 0 Å². The van der Waals surface area contributed by atoms with E-state index in [1.807, 2.05) is 0 Å². The summed E-state index contributed by atoms with van der Waals surface area (Å²) in [7, 11) is -0.325. The van der Waals surface area contributed by atoms with Crippen molar-refractivity contribution in [2.75, 3.05) is 20.6 Å². The van der Waals surface area contributed by atoms with Crippen molar-refractivity contribution < 1.29 is 8.42 Å². The predicted octanol–water partition coefficient (Wildman–Crippen LogP) is -0.115. The van der Waals surface area contributed by atoms with E-state index < -0.39 is 10.0 Å². The van der Waals surface area contributed by atoms with Gasteiger partial charge in [0, 0.05) is 32.9 Å². The summed E-state index contributed by atoms with van der Waals surface area (Å²) < 4.78 is 26.4. The molecule has 0 radical (unpaired) electrons. The van der Waals surface area contributed by atoms with E-state index in [4.69, 9.17) is 0 Å². The fraction of sp³-hybridized carbons (Fsp3) is 0.700. The average molecular weight is 258 g/mol. The maximum atomic E-state index is 11.8. The van der Waals surface area contributed by atoms with Crippen molar-refractivity contribution in [2.45, 2.75) is 30.3 Å². The minimum atomic E-state index is -3.36. The summed E-state index contributed by atoms with van der Waals surface area (Å²) in [6.45, 7) is 1.52. The predicted molar refractivity (Wildman–Crippen MR) is 64.1 cm³/mol. The van der Waals surface area contributed by atoms with Crippen LogP contribution in [0.25, 0.3) is 0 Å². The van der Waals surface area contributed by atoms with Gasteiger partial charge in [-0.1, -0.05) is 0 Å². The van der Waals surface area contributed by atoms with E-state index in [9.17, 15) is 8.42 Å². The zero-order valence-corrected chi connectivity index (χ0v) is 10.9. The molecule has 1 heterocycles. The molecule has 2 rings (SSSR count). The summed E-state index contributed by atoms with van der Waals surface area (Å²) in [5.41, 5.74) is 0. The number of nitrogens with zero attached hydrogens (tertiary/aromatic N) is 3. The molecule has 17 heavy (non-hydrogen) atoms. The summed E-state index contributed by atoms with van der Waals surface area (Å²) in [5, 5.41) is 7.41. The van der Waals surface area contributed by atoms with Crippen molar-refractivity contribution >= 4 is 10.0 Å². The molecule has 1 aliphatic rings. The largest absolute Gasteiger partial charge is 0.312 e. The van der Waals surface area contributed by atoms with Gasteiger partial charge < -0.3 is 5.32 Å². The SMILES string of the molecule is CN(C)S(=O)(=O)c1cnn(CCNC2CC2)c1. The fourth-order valence-corrected chi connectivity index (χ4v) is 2.34. The molecule has 7 heteroatoms. The smallest absolute Gasteiger partial charge is 0.245 e. The molecule has 0 saturated heterocycles. The highest BCUT2D eigenvalue weighted by atomic mass is 32.2. The molecule has 6 nitrogen and oxygen atoms in total. The van der Waals surface area contributed by atoms with Crippen LogP contribution < -0.4 is 5.32 Å². The molecule has 1 saturated carbocycles. The van der Waals surface area contributed by atoms with Gasteiger partial charge in [0.1, 0.15) is 4.90 Å². The van der Waals surface area contributed by atoms with Gasteiger partial charge in [-0.25, -0.2) is 12.7 Å². The van der Waals surface area contributed by atoms with Gasteiger partial charge in [-0.05, 0) is 12.8 Å². The molecule has 0 aliphatic heterocycles. The Bertz CT molecular complexity index is 476. The van der Waals surface area contributed by atoms with Gasteiger partial charge in [0.25, 0.3) is 0 Å². The molecule has 1 N–H and O–H groups in total. The average Bonchev–Trinajstić information content (AvgIpc) is 2.94. The Morgan fingerprint density at radius 1 is 1.53 bits per heavy atom. The first-order valence-corrected chi connectivity index (χ1v) is 7.12. The lowest BCUT2D eigenvalue weighted by atomic mass is 10.6. The first kappa shape index (κ1) is 12.5. The Balaban J connectivity index is 1.95. The molecular weight excluding hydrogens is 240 g/mol. The van der Waals surface area contributed by atoms with Gasteiger partial charge in [0.15, 0.2) is 0 Å². The van der Waals surface area contributed by atoms with Gasteiger partial charge >= 0.3 is 0 Å². The van der Waals surface area contributed by atoms with Crippen LogP contribution in [0.15, 0.2) is 17.3 Å². The highest BCUT2D eigenvalue weighted by molar-refractivity contribution is 7.89. The third-order valence-electron chi connectivity index (χ3n) is 2.74. The molecule has 0 unspecified atom stereocenters. The van der Waals surface area contributed by atoms with Crippen LogP contribution in [0.5, 0.6) is 0 Å². The van der Waals surface area contributed by atoms with Crippen molar-refractivity contribution in [3.05, 3.63) is 12.4 Å². The van der Waals surface area contributed by atoms with E-state index in [1.165, 1.54) is 37.4 Å². The molecule has 0 atom stereocenters. The van der Waals surface area contributed by atoms with Gasteiger partial charge in [0.2, 0.25) is 10.0 Å². The Morgan fingerprint density at radius 2 is 2.24 bits per heavy atom. The minimum absolute atomic E-state index is 0.244. The number of hydrogen-bond acceptors (Lipinski definition) is 4. The molecule has 1 aromatic rings. The number of hydrogen-bond donors (Lipinski definition) is 1. The summed E-state index contributed by atoms with van der Waals surface area (Å²) in [6.07, 6.45) is 5.47. The lowest BCUT2D eigenvalue weighted by Gasteiger charge is -2.08. The molecule has 0 aromatic carbocycles. The van der Waals surface area contributed by atoms with E-state index >= 15 is 0 Å². The van der Waals surface area contributed by atoms with Crippen molar-refractivity contribution in [1.82, 2.24) is 19.4 Å². The Labute approximate surface area is 102 Å². The van der Waals surface area contributed by atoms with E-state index in [2.05, 4.69) is 10.4 Å². The zero-order chi connectivity index (χ0) is 12.5. The van der Waals surface area contributed by atoms with Crippen LogP contribution in [0.4, 0.5) is 0 Å². The van der Waals surface area contributed by atoms with Crippen LogP contribution in [0, 0.1) is 0 Å². The first-order chi connectivity index (χ1) is 8.00. The molecule has 0 bridgehead atoms. The number of aromatic nitrogens is 2. The van der Waals surface area contributed by atoms with E-state index in [0.29, 0.717) is 12.6 Å². The highest BCUT2D eigenvalue weighted by Crippen LogP contribution is 2.18. The van der Waals surface area contributed by atoms with Crippen LogP contribution in [-0.2, 0) is 16.6 Å². The molecule has 1 fully saturated rings. The standard InChI is InChI=1S/C10H18N4O2S/c1-13(2)17(15,16)10-7-12-14(8-10)6-5-11-9-3-4-9/h7-9,11H,3-6H2,1-2H3. The third kappa shape index (κ3) is 3.05. The molecule has 0 amide bonds. The maximum absolute atomic E-state index is 11.8. The number of sulfonamides is 1. The van der Waals surface area contributed by atoms with Crippen LogP contribution in [0.3, 0.4) is 0 Å². The van der Waals surface area contributed by atoms with Gasteiger partial charge in [-0.2, -0.15) is 5.10 Å².